The summed E-state index contributed by atoms with van der Waals surface area (Å²) >= 11 is 0. The van der Waals surface area contributed by atoms with E-state index in [0.717, 1.165) is 50.9 Å². The average molecular weight is 271 g/mol. The van der Waals surface area contributed by atoms with Gasteiger partial charge in [-0.3, -0.25) is 0 Å². The van der Waals surface area contributed by atoms with Crippen molar-refractivity contribution in [2.75, 3.05) is 39.5 Å². The number of β-amino-alcohol motifs (C(OH)–C–C–N with tert-alkyl or cyclic N) is 1. The SMILES string of the molecule is CC1CCN(CC(O)COCC2CCCO2)CC1C. The number of likely N-dealkylation sites (tertiary alicyclic amines) is 1. The first-order valence-electron chi connectivity index (χ1n) is 7.75. The van der Waals surface area contributed by atoms with Crippen LogP contribution < -0.4 is 0 Å². The highest BCUT2D eigenvalue weighted by molar-refractivity contribution is 4.77. The first-order valence-corrected chi connectivity index (χ1v) is 7.75. The van der Waals surface area contributed by atoms with E-state index < -0.39 is 0 Å². The lowest BCUT2D eigenvalue weighted by Crippen LogP contribution is -2.43. The number of nitrogens with zero attached hydrogens (tertiary/aromatic N) is 1. The van der Waals surface area contributed by atoms with Crippen molar-refractivity contribution in [1.29, 1.82) is 0 Å². The molecular weight excluding hydrogens is 242 g/mol. The highest BCUT2D eigenvalue weighted by atomic mass is 16.5. The molecule has 19 heavy (non-hydrogen) atoms. The molecule has 4 heteroatoms. The molecular formula is C15H29NO3. The molecule has 0 amide bonds. The number of ether oxygens (including phenoxy) is 2. The number of hydrogen-bond acceptors (Lipinski definition) is 4. The second-order valence-corrected chi connectivity index (χ2v) is 6.33. The molecule has 4 unspecified atom stereocenters. The van der Waals surface area contributed by atoms with E-state index in [2.05, 4.69) is 18.7 Å². The smallest absolute Gasteiger partial charge is 0.0900 e. The van der Waals surface area contributed by atoms with Gasteiger partial charge in [-0.25, -0.2) is 0 Å². The molecule has 2 saturated heterocycles. The van der Waals surface area contributed by atoms with Crippen LogP contribution in [0.5, 0.6) is 0 Å². The van der Waals surface area contributed by atoms with Crippen LogP contribution in [0.2, 0.25) is 0 Å². The molecule has 0 aliphatic carbocycles. The third-order valence-corrected chi connectivity index (χ3v) is 4.53. The minimum Gasteiger partial charge on any atom is -0.389 e. The summed E-state index contributed by atoms with van der Waals surface area (Å²) < 4.78 is 11.1. The molecule has 0 saturated carbocycles. The van der Waals surface area contributed by atoms with Gasteiger partial charge in [0.05, 0.1) is 25.4 Å². The van der Waals surface area contributed by atoms with E-state index in [1.165, 1.54) is 6.42 Å². The molecule has 1 N–H and O–H groups in total. The molecule has 0 aromatic rings. The Morgan fingerprint density at radius 2 is 2.16 bits per heavy atom. The maximum Gasteiger partial charge on any atom is 0.0900 e. The van der Waals surface area contributed by atoms with Gasteiger partial charge in [-0.1, -0.05) is 13.8 Å². The molecule has 2 aliphatic rings. The van der Waals surface area contributed by atoms with Crippen LogP contribution in [0, 0.1) is 11.8 Å². The van der Waals surface area contributed by atoms with Gasteiger partial charge >= 0.3 is 0 Å². The van der Waals surface area contributed by atoms with Crippen LogP contribution in [-0.4, -0.2) is 61.7 Å². The van der Waals surface area contributed by atoms with Gasteiger partial charge in [0.2, 0.25) is 0 Å². The maximum absolute atomic E-state index is 10.0. The van der Waals surface area contributed by atoms with Crippen molar-refractivity contribution in [2.45, 2.75) is 45.3 Å². The maximum atomic E-state index is 10.0. The topological polar surface area (TPSA) is 41.9 Å². The van der Waals surface area contributed by atoms with Crippen molar-refractivity contribution < 1.29 is 14.6 Å². The second-order valence-electron chi connectivity index (χ2n) is 6.33. The van der Waals surface area contributed by atoms with Gasteiger partial charge < -0.3 is 19.5 Å². The fraction of sp³-hybridized carbons (Fsp3) is 1.00. The Bertz CT molecular complexity index is 256. The fourth-order valence-corrected chi connectivity index (χ4v) is 2.98. The largest absolute Gasteiger partial charge is 0.389 e. The van der Waals surface area contributed by atoms with Gasteiger partial charge in [-0.2, -0.15) is 0 Å². The van der Waals surface area contributed by atoms with Crippen molar-refractivity contribution >= 4 is 0 Å². The third kappa shape index (κ3) is 5.03. The molecule has 4 nitrogen and oxygen atoms in total. The summed E-state index contributed by atoms with van der Waals surface area (Å²) in [4.78, 5) is 2.37. The Kier molecular flexibility index (Phi) is 6.07. The molecule has 112 valence electrons. The highest BCUT2D eigenvalue weighted by Gasteiger charge is 2.24. The monoisotopic (exact) mass is 271 g/mol. The lowest BCUT2D eigenvalue weighted by Gasteiger charge is -2.36. The number of aliphatic hydroxyl groups is 1. The van der Waals surface area contributed by atoms with Gasteiger partial charge in [-0.05, 0) is 37.6 Å². The summed E-state index contributed by atoms with van der Waals surface area (Å²) in [5.74, 6) is 1.54. The first-order chi connectivity index (χ1) is 9.15. The lowest BCUT2D eigenvalue weighted by molar-refractivity contribution is -0.0294. The van der Waals surface area contributed by atoms with E-state index in [4.69, 9.17) is 9.47 Å². The van der Waals surface area contributed by atoms with Crippen molar-refractivity contribution in [3.8, 4) is 0 Å². The predicted molar refractivity (Wildman–Crippen MR) is 75.2 cm³/mol. The standard InChI is InChI=1S/C15H29NO3/c1-12-5-6-16(8-13(12)2)9-14(17)10-18-11-15-4-3-7-19-15/h12-15,17H,3-11H2,1-2H3. The summed E-state index contributed by atoms with van der Waals surface area (Å²) in [5.41, 5.74) is 0. The minimum absolute atomic E-state index is 0.253. The molecule has 4 atom stereocenters. The van der Waals surface area contributed by atoms with Gasteiger partial charge in [0.1, 0.15) is 0 Å². The van der Waals surface area contributed by atoms with Crippen LogP contribution in [0.3, 0.4) is 0 Å². The van der Waals surface area contributed by atoms with E-state index in [1.54, 1.807) is 0 Å². The fourth-order valence-electron chi connectivity index (χ4n) is 2.98. The Morgan fingerprint density at radius 3 is 2.84 bits per heavy atom. The normalized spacial score (nSPS) is 34.6. The van der Waals surface area contributed by atoms with E-state index in [-0.39, 0.29) is 12.2 Å². The number of piperidine rings is 1. The highest BCUT2D eigenvalue weighted by Crippen LogP contribution is 2.22. The quantitative estimate of drug-likeness (QED) is 0.795. The van der Waals surface area contributed by atoms with Gasteiger partial charge in [0.25, 0.3) is 0 Å². The molecule has 0 bridgehead atoms. The number of aliphatic hydroxyl groups excluding tert-OH is 1. The molecule has 2 aliphatic heterocycles. The van der Waals surface area contributed by atoms with Crippen LogP contribution >= 0.6 is 0 Å². The van der Waals surface area contributed by atoms with E-state index in [9.17, 15) is 5.11 Å². The Hall–Kier alpha value is -0.160. The number of rotatable bonds is 6. The van der Waals surface area contributed by atoms with Crippen LogP contribution in [0.15, 0.2) is 0 Å². The average Bonchev–Trinajstić information content (AvgIpc) is 2.87. The van der Waals surface area contributed by atoms with Crippen LogP contribution in [-0.2, 0) is 9.47 Å². The van der Waals surface area contributed by atoms with Gasteiger partial charge in [0, 0.05) is 19.7 Å². The summed E-state index contributed by atoms with van der Waals surface area (Å²) in [6, 6.07) is 0. The van der Waals surface area contributed by atoms with Crippen molar-refractivity contribution in [1.82, 2.24) is 4.90 Å². The number of hydrogen-bond donors (Lipinski definition) is 1. The molecule has 0 aromatic carbocycles. The zero-order valence-corrected chi connectivity index (χ0v) is 12.4. The van der Waals surface area contributed by atoms with E-state index in [1.807, 2.05) is 0 Å². The van der Waals surface area contributed by atoms with E-state index >= 15 is 0 Å². The molecule has 2 rings (SSSR count). The zero-order valence-electron chi connectivity index (χ0n) is 12.4. The predicted octanol–water partition coefficient (Wildman–Crippen LogP) is 1.52. The lowest BCUT2D eigenvalue weighted by atomic mass is 9.88. The summed E-state index contributed by atoms with van der Waals surface area (Å²) in [6.45, 7) is 9.49. The molecule has 2 fully saturated rings. The minimum atomic E-state index is -0.373. The van der Waals surface area contributed by atoms with Crippen molar-refractivity contribution in [3.05, 3.63) is 0 Å². The zero-order chi connectivity index (χ0) is 13.7. The third-order valence-electron chi connectivity index (χ3n) is 4.53. The summed E-state index contributed by atoms with van der Waals surface area (Å²) in [5, 5.41) is 10.0. The Morgan fingerprint density at radius 1 is 1.32 bits per heavy atom. The second kappa shape index (κ2) is 7.58. The summed E-state index contributed by atoms with van der Waals surface area (Å²) in [6.07, 6.45) is 3.35. The molecule has 0 radical (unpaired) electrons. The van der Waals surface area contributed by atoms with Gasteiger partial charge in [-0.15, -0.1) is 0 Å². The van der Waals surface area contributed by atoms with Crippen molar-refractivity contribution in [3.63, 3.8) is 0 Å². The molecule has 0 aromatic heterocycles. The van der Waals surface area contributed by atoms with Crippen LogP contribution in [0.4, 0.5) is 0 Å². The van der Waals surface area contributed by atoms with Crippen LogP contribution in [0.1, 0.15) is 33.1 Å². The molecule has 2 heterocycles. The summed E-state index contributed by atoms with van der Waals surface area (Å²) in [7, 11) is 0. The first kappa shape index (κ1) is 15.2. The Labute approximate surface area is 117 Å². The Balaban J connectivity index is 1.57. The van der Waals surface area contributed by atoms with Gasteiger partial charge in [0.15, 0.2) is 0 Å². The molecule has 0 spiro atoms. The van der Waals surface area contributed by atoms with E-state index in [0.29, 0.717) is 13.2 Å². The van der Waals surface area contributed by atoms with Crippen LogP contribution in [0.25, 0.3) is 0 Å². The van der Waals surface area contributed by atoms with Crippen molar-refractivity contribution in [2.24, 2.45) is 11.8 Å².